The number of hydrogen-bond acceptors (Lipinski definition) is 4. The van der Waals surface area contributed by atoms with E-state index in [2.05, 4.69) is 68.9 Å². The van der Waals surface area contributed by atoms with E-state index < -0.39 is 0 Å². The van der Waals surface area contributed by atoms with Crippen molar-refractivity contribution in [3.05, 3.63) is 75.4 Å². The second kappa shape index (κ2) is 8.26. The molecule has 4 rings (SSSR count). The largest absolute Gasteiger partial charge is 0.352 e. The highest BCUT2D eigenvalue weighted by Crippen LogP contribution is 2.21. The number of aromatic nitrogens is 2. The summed E-state index contributed by atoms with van der Waals surface area (Å²) in [6.45, 7) is 4.96. The molecule has 0 unspecified atom stereocenters. The molecule has 1 fully saturated rings. The fourth-order valence-corrected chi connectivity index (χ4v) is 3.93. The van der Waals surface area contributed by atoms with Gasteiger partial charge in [-0.3, -0.25) is 4.79 Å². The van der Waals surface area contributed by atoms with Gasteiger partial charge in [0.1, 0.15) is 0 Å². The highest BCUT2D eigenvalue weighted by Gasteiger charge is 2.24. The molecule has 2 heterocycles. The van der Waals surface area contributed by atoms with E-state index in [0.717, 1.165) is 39.3 Å². The van der Waals surface area contributed by atoms with Gasteiger partial charge < -0.3 is 9.80 Å². The summed E-state index contributed by atoms with van der Waals surface area (Å²) in [5, 5.41) is 8.81. The van der Waals surface area contributed by atoms with E-state index in [9.17, 15) is 4.79 Å². The molecule has 28 heavy (non-hydrogen) atoms. The van der Waals surface area contributed by atoms with Crippen LogP contribution in [0.25, 0.3) is 11.3 Å². The van der Waals surface area contributed by atoms with Gasteiger partial charge in [0.25, 0.3) is 5.91 Å². The van der Waals surface area contributed by atoms with Gasteiger partial charge in [0, 0.05) is 35.3 Å². The third kappa shape index (κ3) is 4.01. The maximum Gasteiger partial charge on any atom is 0.255 e. The maximum absolute atomic E-state index is 12.8. The number of piperazine rings is 1. The molecule has 0 bridgehead atoms. The van der Waals surface area contributed by atoms with Crippen molar-refractivity contribution in [1.29, 1.82) is 0 Å². The quantitative estimate of drug-likeness (QED) is 0.528. The van der Waals surface area contributed by atoms with Crippen LogP contribution in [0.2, 0.25) is 0 Å². The summed E-state index contributed by atoms with van der Waals surface area (Å²) in [7, 11) is 0. The minimum absolute atomic E-state index is 0.102. The van der Waals surface area contributed by atoms with Crippen molar-refractivity contribution in [2.75, 3.05) is 31.1 Å². The Morgan fingerprint density at radius 1 is 0.893 bits per heavy atom. The van der Waals surface area contributed by atoms with E-state index in [-0.39, 0.29) is 5.91 Å². The Balaban J connectivity index is 1.40. The van der Waals surface area contributed by atoms with Crippen molar-refractivity contribution in [2.45, 2.75) is 6.92 Å². The topological polar surface area (TPSA) is 49.3 Å². The normalized spacial score (nSPS) is 14.2. The Hall–Kier alpha value is -2.48. The average molecular weight is 484 g/mol. The van der Waals surface area contributed by atoms with E-state index in [4.69, 9.17) is 0 Å². The first-order valence-corrected chi connectivity index (χ1v) is 10.4. The lowest BCUT2D eigenvalue weighted by molar-refractivity contribution is 0.0745. The van der Waals surface area contributed by atoms with Crippen molar-refractivity contribution < 1.29 is 4.79 Å². The molecule has 0 N–H and O–H groups in total. The Kier molecular flexibility index (Phi) is 5.57. The lowest BCUT2D eigenvalue weighted by Gasteiger charge is -2.35. The zero-order valence-electron chi connectivity index (χ0n) is 15.7. The molecule has 142 valence electrons. The summed E-state index contributed by atoms with van der Waals surface area (Å²) >= 11 is 2.22. The van der Waals surface area contributed by atoms with Crippen LogP contribution in [0.15, 0.2) is 60.7 Å². The van der Waals surface area contributed by atoms with Gasteiger partial charge in [-0.2, -0.15) is 0 Å². The van der Waals surface area contributed by atoms with E-state index in [0.29, 0.717) is 13.1 Å². The molecule has 0 spiro atoms. The number of halogens is 1. The third-order valence-electron chi connectivity index (χ3n) is 4.99. The number of carbonyl (C=O) groups excluding carboxylic acids is 1. The van der Waals surface area contributed by atoms with Crippen molar-refractivity contribution >= 4 is 34.3 Å². The van der Waals surface area contributed by atoms with Crippen LogP contribution in [0.4, 0.5) is 5.82 Å². The summed E-state index contributed by atoms with van der Waals surface area (Å²) in [4.78, 5) is 16.9. The van der Waals surface area contributed by atoms with Crippen molar-refractivity contribution in [2.24, 2.45) is 0 Å². The first kappa shape index (κ1) is 18.9. The second-order valence-corrected chi connectivity index (χ2v) is 8.06. The summed E-state index contributed by atoms with van der Waals surface area (Å²) in [6.07, 6.45) is 0. The van der Waals surface area contributed by atoms with Crippen LogP contribution in [-0.2, 0) is 0 Å². The fourth-order valence-electron chi connectivity index (χ4n) is 3.32. The number of nitrogens with zero attached hydrogens (tertiary/aromatic N) is 4. The Morgan fingerprint density at radius 2 is 1.61 bits per heavy atom. The zero-order valence-corrected chi connectivity index (χ0v) is 17.8. The highest BCUT2D eigenvalue weighted by molar-refractivity contribution is 14.1. The lowest BCUT2D eigenvalue weighted by atomic mass is 10.1. The minimum Gasteiger partial charge on any atom is -0.352 e. The first-order chi connectivity index (χ1) is 13.6. The van der Waals surface area contributed by atoms with E-state index in [1.807, 2.05) is 41.3 Å². The standard InChI is InChI=1S/C22H21IN4O/c1-16-6-8-17(9-7-16)20-10-11-21(25-24-20)26-12-14-27(15-13-26)22(28)18-4-2-3-5-19(18)23/h2-11H,12-15H2,1H3. The molecule has 3 aromatic rings. The molecule has 1 amide bonds. The Labute approximate surface area is 178 Å². The van der Waals surface area contributed by atoms with Gasteiger partial charge in [0.2, 0.25) is 0 Å². The molecule has 1 saturated heterocycles. The molecule has 0 aliphatic carbocycles. The predicted molar refractivity (Wildman–Crippen MR) is 119 cm³/mol. The molecular formula is C22H21IN4O. The molecule has 0 atom stereocenters. The van der Waals surface area contributed by atoms with Gasteiger partial charge in [0.15, 0.2) is 5.82 Å². The number of benzene rings is 2. The zero-order chi connectivity index (χ0) is 19.5. The van der Waals surface area contributed by atoms with Gasteiger partial charge in [-0.25, -0.2) is 0 Å². The van der Waals surface area contributed by atoms with Crippen LogP contribution in [0, 0.1) is 10.5 Å². The third-order valence-corrected chi connectivity index (χ3v) is 5.93. The smallest absolute Gasteiger partial charge is 0.255 e. The number of hydrogen-bond donors (Lipinski definition) is 0. The van der Waals surface area contributed by atoms with Crippen LogP contribution in [0.5, 0.6) is 0 Å². The average Bonchev–Trinajstić information content (AvgIpc) is 2.74. The molecule has 1 aliphatic rings. The minimum atomic E-state index is 0.102. The lowest BCUT2D eigenvalue weighted by Crippen LogP contribution is -2.49. The van der Waals surface area contributed by atoms with Crippen molar-refractivity contribution in [3.8, 4) is 11.3 Å². The van der Waals surface area contributed by atoms with Gasteiger partial charge in [-0.05, 0) is 53.8 Å². The number of carbonyl (C=O) groups is 1. The molecule has 0 saturated carbocycles. The summed E-state index contributed by atoms with van der Waals surface area (Å²) in [5.74, 6) is 0.961. The van der Waals surface area contributed by atoms with Crippen LogP contribution >= 0.6 is 22.6 Å². The van der Waals surface area contributed by atoms with Gasteiger partial charge in [-0.1, -0.05) is 42.0 Å². The number of anilines is 1. The summed E-state index contributed by atoms with van der Waals surface area (Å²) in [6, 6.07) is 20.0. The van der Waals surface area contributed by atoms with Gasteiger partial charge in [0.05, 0.1) is 11.3 Å². The number of rotatable bonds is 3. The van der Waals surface area contributed by atoms with Crippen molar-refractivity contribution in [1.82, 2.24) is 15.1 Å². The van der Waals surface area contributed by atoms with Gasteiger partial charge in [-0.15, -0.1) is 10.2 Å². The van der Waals surface area contributed by atoms with Crippen LogP contribution in [-0.4, -0.2) is 47.2 Å². The molecule has 2 aromatic carbocycles. The summed E-state index contributed by atoms with van der Waals surface area (Å²) < 4.78 is 0.991. The van der Waals surface area contributed by atoms with E-state index >= 15 is 0 Å². The summed E-state index contributed by atoms with van der Waals surface area (Å²) in [5.41, 5.74) is 3.94. The molecule has 1 aliphatic heterocycles. The maximum atomic E-state index is 12.8. The number of aryl methyl sites for hydroxylation is 1. The van der Waals surface area contributed by atoms with E-state index in [1.165, 1.54) is 5.56 Å². The molecule has 1 aromatic heterocycles. The first-order valence-electron chi connectivity index (χ1n) is 9.31. The van der Waals surface area contributed by atoms with Crippen LogP contribution in [0.3, 0.4) is 0 Å². The monoisotopic (exact) mass is 484 g/mol. The Morgan fingerprint density at radius 3 is 2.25 bits per heavy atom. The van der Waals surface area contributed by atoms with Crippen LogP contribution in [0.1, 0.15) is 15.9 Å². The molecule has 5 nitrogen and oxygen atoms in total. The van der Waals surface area contributed by atoms with Crippen molar-refractivity contribution in [3.63, 3.8) is 0 Å². The van der Waals surface area contributed by atoms with Gasteiger partial charge >= 0.3 is 0 Å². The fraction of sp³-hybridized carbons (Fsp3) is 0.227. The number of amides is 1. The molecule has 0 radical (unpaired) electrons. The second-order valence-electron chi connectivity index (χ2n) is 6.90. The SMILES string of the molecule is Cc1ccc(-c2ccc(N3CCN(C(=O)c4ccccc4I)CC3)nn2)cc1. The molecular weight excluding hydrogens is 463 g/mol. The molecule has 6 heteroatoms. The highest BCUT2D eigenvalue weighted by atomic mass is 127. The Bertz CT molecular complexity index is 965. The predicted octanol–water partition coefficient (Wildman–Crippen LogP) is 4.02. The van der Waals surface area contributed by atoms with Crippen LogP contribution < -0.4 is 4.90 Å². The van der Waals surface area contributed by atoms with E-state index in [1.54, 1.807) is 0 Å².